The summed E-state index contributed by atoms with van der Waals surface area (Å²) in [4.78, 5) is 12.1. The molecule has 0 saturated carbocycles. The Balaban J connectivity index is 1.57. The Morgan fingerprint density at radius 1 is 1.14 bits per heavy atom. The van der Waals surface area contributed by atoms with Gasteiger partial charge in [0.1, 0.15) is 18.1 Å². The predicted octanol–water partition coefficient (Wildman–Crippen LogP) is 5.45. The first kappa shape index (κ1) is 20.9. The van der Waals surface area contributed by atoms with E-state index < -0.39 is 0 Å². The average Bonchev–Trinajstić information content (AvgIpc) is 2.74. The highest BCUT2D eigenvalue weighted by Crippen LogP contribution is 2.27. The summed E-state index contributed by atoms with van der Waals surface area (Å²) in [7, 11) is 1.57. The number of carbonyl (C=O) groups excluding carboxylic acids is 1. The van der Waals surface area contributed by atoms with Crippen LogP contribution in [0.15, 0.2) is 76.3 Å². The number of benzene rings is 3. The van der Waals surface area contributed by atoms with Gasteiger partial charge in [0.2, 0.25) is 0 Å². The number of hydrazone groups is 1. The summed E-state index contributed by atoms with van der Waals surface area (Å²) in [6.07, 6.45) is 1.56. The minimum atomic E-state index is -0.303. The first-order chi connectivity index (χ1) is 14.1. The largest absolute Gasteiger partial charge is 0.497 e. The first-order valence-electron chi connectivity index (χ1n) is 8.70. The molecular formula is C22H18BrClN2O3. The van der Waals surface area contributed by atoms with Gasteiger partial charge in [0.25, 0.3) is 5.91 Å². The zero-order chi connectivity index (χ0) is 20.6. The lowest BCUT2D eigenvalue weighted by Gasteiger charge is -2.10. The Bertz CT molecular complexity index is 1020. The lowest BCUT2D eigenvalue weighted by molar-refractivity contribution is 0.0955. The number of rotatable bonds is 7. The highest BCUT2D eigenvalue weighted by Gasteiger charge is 2.06. The third-order valence-electron chi connectivity index (χ3n) is 4.03. The van der Waals surface area contributed by atoms with Crippen LogP contribution in [0.3, 0.4) is 0 Å². The molecule has 0 aliphatic carbocycles. The van der Waals surface area contributed by atoms with Crippen molar-refractivity contribution >= 4 is 39.7 Å². The number of nitrogens with zero attached hydrogens (tertiary/aromatic N) is 1. The van der Waals surface area contributed by atoms with Gasteiger partial charge in [-0.15, -0.1) is 0 Å². The van der Waals surface area contributed by atoms with Gasteiger partial charge >= 0.3 is 0 Å². The second-order valence-corrected chi connectivity index (χ2v) is 7.26. The van der Waals surface area contributed by atoms with Gasteiger partial charge in [-0.25, -0.2) is 5.43 Å². The van der Waals surface area contributed by atoms with E-state index in [0.29, 0.717) is 28.7 Å². The van der Waals surface area contributed by atoms with Crippen LogP contribution < -0.4 is 14.9 Å². The molecule has 5 nitrogen and oxygen atoms in total. The Labute approximate surface area is 182 Å². The van der Waals surface area contributed by atoms with Crippen LogP contribution in [0.2, 0.25) is 5.02 Å². The van der Waals surface area contributed by atoms with Crippen molar-refractivity contribution in [1.82, 2.24) is 5.43 Å². The van der Waals surface area contributed by atoms with E-state index in [1.165, 1.54) is 0 Å². The molecule has 1 amide bonds. The van der Waals surface area contributed by atoms with Crippen molar-refractivity contribution < 1.29 is 14.3 Å². The van der Waals surface area contributed by atoms with Crippen LogP contribution in [0, 0.1) is 0 Å². The van der Waals surface area contributed by atoms with Crippen molar-refractivity contribution in [2.24, 2.45) is 5.10 Å². The Hall–Kier alpha value is -2.83. The number of amides is 1. The second-order valence-electron chi connectivity index (χ2n) is 6.00. The SMILES string of the molecule is COc1ccc(C(=O)N/N=C/c2ccc(OCc3ccccc3Cl)c(Br)c2)cc1. The second kappa shape index (κ2) is 10.1. The van der Waals surface area contributed by atoms with Gasteiger partial charge in [0, 0.05) is 16.1 Å². The normalized spacial score (nSPS) is 10.7. The van der Waals surface area contributed by atoms with E-state index in [9.17, 15) is 4.79 Å². The van der Waals surface area contributed by atoms with Crippen LogP contribution in [-0.2, 0) is 6.61 Å². The van der Waals surface area contributed by atoms with Crippen molar-refractivity contribution in [1.29, 1.82) is 0 Å². The van der Waals surface area contributed by atoms with Gasteiger partial charge in [-0.05, 0) is 70.0 Å². The Kier molecular flexibility index (Phi) is 7.27. The zero-order valence-electron chi connectivity index (χ0n) is 15.6. The fraction of sp³-hybridized carbons (Fsp3) is 0.0909. The maximum absolute atomic E-state index is 12.1. The minimum Gasteiger partial charge on any atom is -0.497 e. The van der Waals surface area contributed by atoms with Crippen LogP contribution in [-0.4, -0.2) is 19.2 Å². The van der Waals surface area contributed by atoms with Crippen LogP contribution in [0.5, 0.6) is 11.5 Å². The molecule has 0 aliphatic heterocycles. The van der Waals surface area contributed by atoms with Gasteiger partial charge in [-0.2, -0.15) is 5.10 Å². The summed E-state index contributed by atoms with van der Waals surface area (Å²) in [5, 5.41) is 4.67. The monoisotopic (exact) mass is 472 g/mol. The molecule has 0 unspecified atom stereocenters. The fourth-order valence-electron chi connectivity index (χ4n) is 2.46. The van der Waals surface area contributed by atoms with E-state index in [4.69, 9.17) is 21.1 Å². The standard InChI is InChI=1S/C22H18BrClN2O3/c1-28-18-9-7-16(8-10-18)22(27)26-25-13-15-6-11-21(19(23)12-15)29-14-17-4-2-3-5-20(17)24/h2-13H,14H2,1H3,(H,26,27)/b25-13+. The Morgan fingerprint density at radius 3 is 2.59 bits per heavy atom. The van der Waals surface area contributed by atoms with E-state index >= 15 is 0 Å². The van der Waals surface area contributed by atoms with Crippen molar-refractivity contribution in [3.63, 3.8) is 0 Å². The smallest absolute Gasteiger partial charge is 0.271 e. The van der Waals surface area contributed by atoms with Gasteiger partial charge in [0.05, 0.1) is 17.8 Å². The van der Waals surface area contributed by atoms with E-state index in [1.54, 1.807) is 37.6 Å². The number of hydrogen-bond donors (Lipinski definition) is 1. The van der Waals surface area contributed by atoms with Gasteiger partial charge in [0.15, 0.2) is 0 Å². The molecule has 3 aromatic rings. The van der Waals surface area contributed by atoms with Crippen LogP contribution in [0.25, 0.3) is 0 Å². The third kappa shape index (κ3) is 5.82. The predicted molar refractivity (Wildman–Crippen MR) is 118 cm³/mol. The molecular weight excluding hydrogens is 456 g/mol. The molecule has 3 rings (SSSR count). The maximum Gasteiger partial charge on any atom is 0.271 e. The maximum atomic E-state index is 12.1. The van der Waals surface area contributed by atoms with E-state index in [2.05, 4.69) is 26.5 Å². The number of hydrogen-bond acceptors (Lipinski definition) is 4. The van der Waals surface area contributed by atoms with Crippen molar-refractivity contribution in [2.75, 3.05) is 7.11 Å². The van der Waals surface area contributed by atoms with Crippen molar-refractivity contribution in [2.45, 2.75) is 6.61 Å². The molecule has 0 bridgehead atoms. The molecule has 0 saturated heterocycles. The van der Waals surface area contributed by atoms with Gasteiger partial charge in [-0.1, -0.05) is 29.8 Å². The van der Waals surface area contributed by atoms with Crippen molar-refractivity contribution in [3.05, 3.63) is 92.9 Å². The molecule has 3 aromatic carbocycles. The summed E-state index contributed by atoms with van der Waals surface area (Å²) in [5.74, 6) is 1.07. The van der Waals surface area contributed by atoms with E-state index in [-0.39, 0.29) is 5.91 Å². The third-order valence-corrected chi connectivity index (χ3v) is 5.02. The summed E-state index contributed by atoms with van der Waals surface area (Å²) in [5.41, 5.74) is 4.71. The number of nitrogens with one attached hydrogen (secondary N) is 1. The Morgan fingerprint density at radius 2 is 1.90 bits per heavy atom. The van der Waals surface area contributed by atoms with Gasteiger partial charge in [-0.3, -0.25) is 4.79 Å². The fourth-order valence-corrected chi connectivity index (χ4v) is 3.16. The van der Waals surface area contributed by atoms with E-state index in [0.717, 1.165) is 15.6 Å². The lowest BCUT2D eigenvalue weighted by Crippen LogP contribution is -2.17. The topological polar surface area (TPSA) is 59.9 Å². The number of carbonyl (C=O) groups is 1. The van der Waals surface area contributed by atoms with Crippen LogP contribution in [0.1, 0.15) is 21.5 Å². The summed E-state index contributed by atoms with van der Waals surface area (Å²) in [6.45, 7) is 0.365. The highest BCUT2D eigenvalue weighted by atomic mass is 79.9. The molecule has 0 aromatic heterocycles. The van der Waals surface area contributed by atoms with E-state index in [1.807, 2.05) is 42.5 Å². The summed E-state index contributed by atoms with van der Waals surface area (Å²) in [6, 6.07) is 19.8. The molecule has 1 N–H and O–H groups in total. The highest BCUT2D eigenvalue weighted by molar-refractivity contribution is 9.10. The number of halogens is 2. The molecule has 148 valence electrons. The first-order valence-corrected chi connectivity index (χ1v) is 9.87. The molecule has 0 fully saturated rings. The molecule has 0 spiro atoms. The molecule has 29 heavy (non-hydrogen) atoms. The number of ether oxygens (including phenoxy) is 2. The average molecular weight is 474 g/mol. The quantitative estimate of drug-likeness (QED) is 0.366. The summed E-state index contributed by atoms with van der Waals surface area (Å²) >= 11 is 9.64. The molecule has 0 aliphatic rings. The molecule has 0 atom stereocenters. The summed E-state index contributed by atoms with van der Waals surface area (Å²) < 4.78 is 11.7. The number of methoxy groups -OCH3 is 1. The lowest BCUT2D eigenvalue weighted by atomic mass is 10.2. The van der Waals surface area contributed by atoms with Crippen LogP contribution in [0.4, 0.5) is 0 Å². The van der Waals surface area contributed by atoms with Crippen LogP contribution >= 0.6 is 27.5 Å². The zero-order valence-corrected chi connectivity index (χ0v) is 17.9. The minimum absolute atomic E-state index is 0.303. The van der Waals surface area contributed by atoms with Crippen molar-refractivity contribution in [3.8, 4) is 11.5 Å². The molecule has 0 heterocycles. The molecule has 0 radical (unpaired) electrons. The van der Waals surface area contributed by atoms with Gasteiger partial charge < -0.3 is 9.47 Å². The molecule has 7 heteroatoms.